The monoisotopic (exact) mass is 357 g/mol. The number of nitrogens with zero attached hydrogens (tertiary/aromatic N) is 3. The lowest BCUT2D eigenvalue weighted by molar-refractivity contribution is 0.452. The van der Waals surface area contributed by atoms with Gasteiger partial charge in [-0.15, -0.1) is 0 Å². The fourth-order valence-electron chi connectivity index (χ4n) is 2.56. The molecule has 1 aromatic carbocycles. The van der Waals surface area contributed by atoms with Crippen LogP contribution in [-0.2, 0) is 10.0 Å². The molecule has 0 N–H and O–H groups in total. The summed E-state index contributed by atoms with van der Waals surface area (Å²) in [6, 6.07) is 6.74. The largest absolute Gasteiger partial charge is 0.342 e. The first-order valence-corrected chi connectivity index (χ1v) is 8.90. The van der Waals surface area contributed by atoms with E-state index in [9.17, 15) is 8.42 Å². The zero-order valence-electron chi connectivity index (χ0n) is 11.0. The van der Waals surface area contributed by atoms with Crippen LogP contribution in [0.5, 0.6) is 0 Å². The van der Waals surface area contributed by atoms with Gasteiger partial charge < -0.3 is 4.90 Å². The predicted octanol–water partition coefficient (Wildman–Crippen LogP) is 1.91. The minimum absolute atomic E-state index is 0.314. The van der Waals surface area contributed by atoms with Gasteiger partial charge in [0.25, 0.3) is 10.0 Å². The third-order valence-electron chi connectivity index (χ3n) is 3.57. The van der Waals surface area contributed by atoms with E-state index in [1.165, 1.54) is 4.31 Å². The van der Waals surface area contributed by atoms with E-state index in [1.54, 1.807) is 24.3 Å². The first-order chi connectivity index (χ1) is 9.59. The summed E-state index contributed by atoms with van der Waals surface area (Å²) < 4.78 is 27.7. The van der Waals surface area contributed by atoms with Crippen molar-refractivity contribution in [2.75, 3.05) is 26.2 Å². The van der Waals surface area contributed by atoms with Crippen molar-refractivity contribution < 1.29 is 8.42 Å². The number of aliphatic imine (C=N–C) groups is 1. The van der Waals surface area contributed by atoms with E-state index < -0.39 is 10.0 Å². The fourth-order valence-corrected chi connectivity index (χ4v) is 4.27. The molecule has 0 amide bonds. The van der Waals surface area contributed by atoms with Crippen LogP contribution < -0.4 is 0 Å². The molecule has 1 fully saturated rings. The van der Waals surface area contributed by atoms with Gasteiger partial charge in [0.05, 0.1) is 18.0 Å². The highest BCUT2D eigenvalue weighted by atomic mass is 79.9. The Morgan fingerprint density at radius 3 is 2.35 bits per heavy atom. The molecule has 0 saturated carbocycles. The van der Waals surface area contributed by atoms with E-state index in [-0.39, 0.29) is 0 Å². The Balaban J connectivity index is 1.90. The van der Waals surface area contributed by atoms with Crippen LogP contribution in [0.4, 0.5) is 0 Å². The van der Waals surface area contributed by atoms with Crippen molar-refractivity contribution in [3.8, 4) is 0 Å². The molecule has 5 nitrogen and oxygen atoms in total. The maximum atomic E-state index is 12.7. The zero-order chi connectivity index (χ0) is 14.2. The number of likely N-dealkylation sites (tertiary alicyclic amines) is 1. The van der Waals surface area contributed by atoms with Crippen LogP contribution in [0.3, 0.4) is 0 Å². The number of sulfonamides is 1. The van der Waals surface area contributed by atoms with Gasteiger partial charge in [-0.3, -0.25) is 4.99 Å². The standard InChI is InChI=1S/C13H16BrN3O2S/c14-11-3-5-12(6-4-11)20(18,19)17-10-7-15-13(17)16-8-1-2-9-16/h3-6H,1-2,7-10H2. The third-order valence-corrected chi connectivity index (χ3v) is 5.89. The van der Waals surface area contributed by atoms with E-state index in [4.69, 9.17) is 0 Å². The quantitative estimate of drug-likeness (QED) is 0.812. The summed E-state index contributed by atoms with van der Waals surface area (Å²) in [5, 5.41) is 0. The van der Waals surface area contributed by atoms with E-state index in [0.717, 1.165) is 30.4 Å². The van der Waals surface area contributed by atoms with Gasteiger partial charge in [0, 0.05) is 17.6 Å². The van der Waals surface area contributed by atoms with Gasteiger partial charge in [-0.05, 0) is 37.1 Å². The SMILES string of the molecule is O=S(=O)(c1ccc(Br)cc1)N1CCN=C1N1CCCC1. The number of rotatable bonds is 2. The Bertz CT molecular complexity index is 622. The van der Waals surface area contributed by atoms with Crippen molar-refractivity contribution in [3.05, 3.63) is 28.7 Å². The highest BCUT2D eigenvalue weighted by Crippen LogP contribution is 2.23. The topological polar surface area (TPSA) is 53.0 Å². The minimum atomic E-state index is -3.50. The molecule has 0 radical (unpaired) electrons. The molecule has 108 valence electrons. The highest BCUT2D eigenvalue weighted by molar-refractivity contribution is 9.10. The lowest BCUT2D eigenvalue weighted by Crippen LogP contribution is -2.43. The molecule has 1 saturated heterocycles. The molecule has 1 aromatic rings. The maximum absolute atomic E-state index is 12.7. The van der Waals surface area contributed by atoms with Crippen molar-refractivity contribution >= 4 is 31.9 Å². The van der Waals surface area contributed by atoms with Crippen molar-refractivity contribution in [3.63, 3.8) is 0 Å². The van der Waals surface area contributed by atoms with Crippen molar-refractivity contribution in [1.29, 1.82) is 0 Å². The maximum Gasteiger partial charge on any atom is 0.266 e. The van der Waals surface area contributed by atoms with E-state index in [0.29, 0.717) is 23.9 Å². The van der Waals surface area contributed by atoms with Gasteiger partial charge in [0.2, 0.25) is 5.96 Å². The van der Waals surface area contributed by atoms with Crippen molar-refractivity contribution in [2.45, 2.75) is 17.7 Å². The molecule has 20 heavy (non-hydrogen) atoms. The van der Waals surface area contributed by atoms with Gasteiger partial charge in [0.15, 0.2) is 0 Å². The summed E-state index contributed by atoms with van der Waals surface area (Å²) in [4.78, 5) is 6.78. The molecular weight excluding hydrogens is 342 g/mol. The second-order valence-corrected chi connectivity index (χ2v) is 7.68. The van der Waals surface area contributed by atoms with E-state index in [1.807, 2.05) is 0 Å². The first kappa shape index (κ1) is 13.9. The summed E-state index contributed by atoms with van der Waals surface area (Å²) in [6.45, 7) is 2.77. The molecule has 2 aliphatic rings. The Morgan fingerprint density at radius 2 is 1.70 bits per heavy atom. The van der Waals surface area contributed by atoms with Gasteiger partial charge in [0.1, 0.15) is 0 Å². The van der Waals surface area contributed by atoms with Gasteiger partial charge in [-0.1, -0.05) is 15.9 Å². The molecule has 0 atom stereocenters. The second kappa shape index (κ2) is 5.37. The molecule has 2 aliphatic heterocycles. The minimum Gasteiger partial charge on any atom is -0.342 e. The molecule has 0 spiro atoms. The van der Waals surface area contributed by atoms with Gasteiger partial charge in [-0.25, -0.2) is 12.7 Å². The van der Waals surface area contributed by atoms with Crippen LogP contribution >= 0.6 is 15.9 Å². The number of hydrogen-bond acceptors (Lipinski definition) is 4. The van der Waals surface area contributed by atoms with E-state index >= 15 is 0 Å². The molecular formula is C13H16BrN3O2S. The summed E-state index contributed by atoms with van der Waals surface area (Å²) in [5.74, 6) is 0.616. The predicted molar refractivity (Wildman–Crippen MR) is 81.1 cm³/mol. The van der Waals surface area contributed by atoms with Crippen LogP contribution in [0, 0.1) is 0 Å². The Kier molecular flexibility index (Phi) is 3.72. The summed E-state index contributed by atoms with van der Waals surface area (Å²) >= 11 is 3.32. The molecule has 0 bridgehead atoms. The van der Waals surface area contributed by atoms with Crippen LogP contribution in [0.1, 0.15) is 12.8 Å². The Morgan fingerprint density at radius 1 is 1.05 bits per heavy atom. The van der Waals surface area contributed by atoms with Crippen LogP contribution in [0.25, 0.3) is 0 Å². The molecule has 0 aliphatic carbocycles. The Labute approximate surface area is 127 Å². The molecule has 0 unspecified atom stereocenters. The van der Waals surface area contributed by atoms with E-state index in [2.05, 4.69) is 25.8 Å². The van der Waals surface area contributed by atoms with Gasteiger partial charge >= 0.3 is 0 Å². The molecule has 7 heteroatoms. The molecule has 3 rings (SSSR count). The lowest BCUT2D eigenvalue weighted by Gasteiger charge is -2.26. The summed E-state index contributed by atoms with van der Waals surface area (Å²) in [5.41, 5.74) is 0. The second-order valence-electron chi connectivity index (χ2n) is 4.91. The zero-order valence-corrected chi connectivity index (χ0v) is 13.4. The van der Waals surface area contributed by atoms with Crippen LogP contribution in [0.15, 0.2) is 38.6 Å². The van der Waals surface area contributed by atoms with Crippen LogP contribution in [-0.4, -0.2) is 49.8 Å². The van der Waals surface area contributed by atoms with Crippen molar-refractivity contribution in [2.24, 2.45) is 4.99 Å². The number of guanidine groups is 1. The Hall–Kier alpha value is -1.08. The smallest absolute Gasteiger partial charge is 0.266 e. The third kappa shape index (κ3) is 2.44. The first-order valence-electron chi connectivity index (χ1n) is 6.67. The fraction of sp³-hybridized carbons (Fsp3) is 0.462. The molecule has 2 heterocycles. The highest BCUT2D eigenvalue weighted by Gasteiger charge is 2.34. The number of benzene rings is 1. The average molecular weight is 358 g/mol. The van der Waals surface area contributed by atoms with Crippen molar-refractivity contribution in [1.82, 2.24) is 9.21 Å². The van der Waals surface area contributed by atoms with Crippen LogP contribution in [0.2, 0.25) is 0 Å². The average Bonchev–Trinajstić information content (AvgIpc) is 3.10. The summed E-state index contributed by atoms with van der Waals surface area (Å²) in [6.07, 6.45) is 2.20. The molecule has 0 aromatic heterocycles. The lowest BCUT2D eigenvalue weighted by atomic mass is 10.4. The number of hydrogen-bond donors (Lipinski definition) is 0. The normalized spacial score (nSPS) is 19.6. The summed E-state index contributed by atoms with van der Waals surface area (Å²) in [7, 11) is -3.50. The van der Waals surface area contributed by atoms with Gasteiger partial charge in [-0.2, -0.15) is 0 Å². The number of halogens is 1.